The summed E-state index contributed by atoms with van der Waals surface area (Å²) in [4.78, 5) is 28.2. The number of amides is 1. The van der Waals surface area contributed by atoms with Crippen molar-refractivity contribution in [3.63, 3.8) is 0 Å². The van der Waals surface area contributed by atoms with Crippen LogP contribution in [0.25, 0.3) is 11.4 Å². The highest BCUT2D eigenvalue weighted by Gasteiger charge is 2.29. The van der Waals surface area contributed by atoms with Gasteiger partial charge in [-0.2, -0.15) is 0 Å². The van der Waals surface area contributed by atoms with E-state index >= 15 is 0 Å². The minimum absolute atomic E-state index is 0.0742. The molecule has 3 aromatic rings. The van der Waals surface area contributed by atoms with Gasteiger partial charge in [0.15, 0.2) is 0 Å². The summed E-state index contributed by atoms with van der Waals surface area (Å²) >= 11 is 0. The minimum atomic E-state index is -0.401. The van der Waals surface area contributed by atoms with E-state index in [1.807, 2.05) is 18.5 Å². The van der Waals surface area contributed by atoms with Crippen molar-refractivity contribution < 1.29 is 9.18 Å². The predicted molar refractivity (Wildman–Crippen MR) is 103 cm³/mol. The summed E-state index contributed by atoms with van der Waals surface area (Å²) in [5.74, 6) is 0.427. The van der Waals surface area contributed by atoms with Crippen molar-refractivity contribution in [1.29, 1.82) is 0 Å². The smallest absolute Gasteiger partial charge is 0.253 e. The maximum absolute atomic E-state index is 13.5. The number of piperidine rings is 1. The quantitative estimate of drug-likeness (QED) is 0.700. The van der Waals surface area contributed by atoms with Gasteiger partial charge in [-0.3, -0.25) is 14.8 Å². The Morgan fingerprint density at radius 3 is 2.79 bits per heavy atom. The molecule has 7 heteroatoms. The van der Waals surface area contributed by atoms with Gasteiger partial charge >= 0.3 is 0 Å². The molecule has 0 N–H and O–H groups in total. The lowest BCUT2D eigenvalue weighted by molar-refractivity contribution is 0.0705. The Labute approximate surface area is 163 Å². The van der Waals surface area contributed by atoms with E-state index in [4.69, 9.17) is 0 Å². The predicted octanol–water partition coefficient (Wildman–Crippen LogP) is 3.34. The number of benzene rings is 1. The summed E-state index contributed by atoms with van der Waals surface area (Å²) in [6.07, 6.45) is 6.97. The fraction of sp³-hybridized carbons (Fsp3) is 0.333. The molecule has 0 spiro atoms. The summed E-state index contributed by atoms with van der Waals surface area (Å²) in [7, 11) is 1.96. The Kier molecular flexibility index (Phi) is 4.90. The fourth-order valence-corrected chi connectivity index (χ4v) is 3.76. The van der Waals surface area contributed by atoms with Gasteiger partial charge in [0, 0.05) is 44.0 Å². The fourth-order valence-electron chi connectivity index (χ4n) is 3.76. The molecule has 3 heterocycles. The zero-order chi connectivity index (χ0) is 19.7. The zero-order valence-electron chi connectivity index (χ0n) is 16.0. The largest absolute Gasteiger partial charge is 0.338 e. The summed E-state index contributed by atoms with van der Waals surface area (Å²) < 4.78 is 15.5. The third kappa shape index (κ3) is 3.40. The maximum Gasteiger partial charge on any atom is 0.253 e. The van der Waals surface area contributed by atoms with Crippen LogP contribution in [0.4, 0.5) is 4.39 Å². The van der Waals surface area contributed by atoms with E-state index in [9.17, 15) is 9.18 Å². The number of aryl methyl sites for hydroxylation is 1. The first-order valence-corrected chi connectivity index (χ1v) is 9.39. The molecule has 28 heavy (non-hydrogen) atoms. The molecule has 1 fully saturated rings. The molecule has 1 saturated heterocycles. The van der Waals surface area contributed by atoms with Crippen molar-refractivity contribution in [2.45, 2.75) is 25.7 Å². The number of rotatable bonds is 3. The molecular formula is C21H22FN5O. The first kappa shape index (κ1) is 18.3. The number of imidazole rings is 1. The molecule has 1 aliphatic rings. The van der Waals surface area contributed by atoms with Crippen LogP contribution < -0.4 is 0 Å². The molecule has 1 amide bonds. The molecule has 1 aliphatic heterocycles. The van der Waals surface area contributed by atoms with Crippen LogP contribution in [-0.4, -0.2) is 43.4 Å². The first-order chi connectivity index (χ1) is 13.5. The van der Waals surface area contributed by atoms with Gasteiger partial charge in [-0.05, 0) is 38.0 Å². The summed E-state index contributed by atoms with van der Waals surface area (Å²) in [5.41, 5.74) is 2.97. The second kappa shape index (κ2) is 7.50. The molecule has 1 atom stereocenters. The van der Waals surface area contributed by atoms with Crippen LogP contribution in [0.3, 0.4) is 0 Å². The molecular weight excluding hydrogens is 357 g/mol. The number of aromatic nitrogens is 4. The molecule has 4 rings (SSSR count). The van der Waals surface area contributed by atoms with Gasteiger partial charge in [0.2, 0.25) is 0 Å². The average Bonchev–Trinajstić information content (AvgIpc) is 3.06. The Bertz CT molecular complexity index is 1020. The normalized spacial score (nSPS) is 17.0. The van der Waals surface area contributed by atoms with Crippen LogP contribution >= 0.6 is 0 Å². The second-order valence-corrected chi connectivity index (χ2v) is 7.14. The van der Waals surface area contributed by atoms with Crippen molar-refractivity contribution >= 4 is 5.91 Å². The topological polar surface area (TPSA) is 63.9 Å². The van der Waals surface area contributed by atoms with Gasteiger partial charge in [-0.25, -0.2) is 9.37 Å². The lowest BCUT2D eigenvalue weighted by Gasteiger charge is -2.33. The van der Waals surface area contributed by atoms with Crippen molar-refractivity contribution in [3.05, 3.63) is 65.8 Å². The van der Waals surface area contributed by atoms with E-state index in [2.05, 4.69) is 15.0 Å². The van der Waals surface area contributed by atoms with Crippen LogP contribution in [0.2, 0.25) is 0 Å². The highest BCUT2D eigenvalue weighted by atomic mass is 19.1. The first-order valence-electron chi connectivity index (χ1n) is 9.39. The monoisotopic (exact) mass is 379 g/mol. The second-order valence-electron chi connectivity index (χ2n) is 7.14. The number of carbonyl (C=O) groups excluding carboxylic acids is 1. The van der Waals surface area contributed by atoms with E-state index in [0.717, 1.165) is 35.7 Å². The van der Waals surface area contributed by atoms with E-state index in [1.165, 1.54) is 12.1 Å². The number of carbonyl (C=O) groups is 1. The summed E-state index contributed by atoms with van der Waals surface area (Å²) in [6, 6.07) is 5.85. The van der Waals surface area contributed by atoms with Gasteiger partial charge in [-0.1, -0.05) is 6.07 Å². The molecule has 2 aromatic heterocycles. The van der Waals surface area contributed by atoms with Gasteiger partial charge in [0.1, 0.15) is 17.3 Å². The van der Waals surface area contributed by atoms with E-state index in [1.54, 1.807) is 35.6 Å². The SMILES string of the molecule is Cc1ncc(-c2nccnc2C2CCCN(C(=O)c3cccc(F)c3)C2)n1C. The number of likely N-dealkylation sites (tertiary alicyclic amines) is 1. The molecule has 144 valence electrons. The van der Waals surface area contributed by atoms with Crippen LogP contribution in [-0.2, 0) is 7.05 Å². The number of hydrogen-bond donors (Lipinski definition) is 0. The molecule has 1 unspecified atom stereocenters. The highest BCUT2D eigenvalue weighted by molar-refractivity contribution is 5.94. The Morgan fingerprint density at radius 2 is 2.04 bits per heavy atom. The van der Waals surface area contributed by atoms with Gasteiger partial charge in [0.05, 0.1) is 17.6 Å². The zero-order valence-corrected chi connectivity index (χ0v) is 16.0. The van der Waals surface area contributed by atoms with E-state index < -0.39 is 5.82 Å². The number of nitrogens with zero attached hydrogens (tertiary/aromatic N) is 5. The van der Waals surface area contributed by atoms with Crippen LogP contribution in [0.15, 0.2) is 42.9 Å². The van der Waals surface area contributed by atoms with E-state index in [-0.39, 0.29) is 11.8 Å². The van der Waals surface area contributed by atoms with Crippen molar-refractivity contribution in [2.75, 3.05) is 13.1 Å². The molecule has 0 saturated carbocycles. The Morgan fingerprint density at radius 1 is 1.21 bits per heavy atom. The molecule has 0 aliphatic carbocycles. The average molecular weight is 379 g/mol. The molecule has 0 bridgehead atoms. The van der Waals surface area contributed by atoms with Gasteiger partial charge < -0.3 is 9.47 Å². The lowest BCUT2D eigenvalue weighted by Crippen LogP contribution is -2.39. The molecule has 6 nitrogen and oxygen atoms in total. The van der Waals surface area contributed by atoms with Crippen LogP contribution in [0, 0.1) is 12.7 Å². The lowest BCUT2D eigenvalue weighted by atomic mass is 9.92. The molecule has 0 radical (unpaired) electrons. The van der Waals surface area contributed by atoms with Crippen LogP contribution in [0.1, 0.15) is 40.6 Å². The van der Waals surface area contributed by atoms with Crippen molar-refractivity contribution in [3.8, 4) is 11.4 Å². The third-order valence-electron chi connectivity index (χ3n) is 5.36. The summed E-state index contributed by atoms with van der Waals surface area (Å²) in [5, 5.41) is 0. The molecule has 1 aromatic carbocycles. The van der Waals surface area contributed by atoms with Crippen LogP contribution in [0.5, 0.6) is 0 Å². The van der Waals surface area contributed by atoms with Gasteiger partial charge in [0.25, 0.3) is 5.91 Å². The number of halogens is 1. The maximum atomic E-state index is 13.5. The van der Waals surface area contributed by atoms with Crippen molar-refractivity contribution in [1.82, 2.24) is 24.4 Å². The standard InChI is InChI=1S/C21H22FN5O/c1-14-25-12-18(26(14)2)20-19(23-8-9-24-20)16-6-4-10-27(13-16)21(28)15-5-3-7-17(22)11-15/h3,5,7-9,11-12,16H,4,6,10,13H2,1-2H3. The highest BCUT2D eigenvalue weighted by Crippen LogP contribution is 2.32. The number of hydrogen-bond acceptors (Lipinski definition) is 4. The summed E-state index contributed by atoms with van der Waals surface area (Å²) in [6.45, 7) is 3.14. The van der Waals surface area contributed by atoms with Gasteiger partial charge in [-0.15, -0.1) is 0 Å². The minimum Gasteiger partial charge on any atom is -0.338 e. The Hall–Kier alpha value is -3.09. The Balaban J connectivity index is 1.62. The third-order valence-corrected chi connectivity index (χ3v) is 5.36. The van der Waals surface area contributed by atoms with Crippen molar-refractivity contribution in [2.24, 2.45) is 7.05 Å². The van der Waals surface area contributed by atoms with E-state index in [0.29, 0.717) is 18.7 Å².